The van der Waals surface area contributed by atoms with Crippen LogP contribution in [0.5, 0.6) is 57.5 Å². The molecule has 12 aromatic carbocycles. The smallest absolute Gasteiger partial charge is 0.308 e. The van der Waals surface area contributed by atoms with Gasteiger partial charge in [0.15, 0.2) is 28.8 Å². The molecule has 0 saturated heterocycles. The van der Waals surface area contributed by atoms with E-state index in [1.165, 1.54) is 128 Å². The molecule has 4 fully saturated rings. The van der Waals surface area contributed by atoms with Gasteiger partial charge in [-0.1, -0.05) is 127 Å². The largest absolute Gasteiger partial charge is 0.497 e. The Kier molecular flexibility index (Phi) is 20.7. The highest BCUT2D eigenvalue weighted by atomic mass is 32.2. The van der Waals surface area contributed by atoms with Crippen molar-refractivity contribution in [3.63, 3.8) is 0 Å². The molecule has 0 radical (unpaired) electrons. The van der Waals surface area contributed by atoms with Crippen LogP contribution in [0.25, 0.3) is 11.1 Å². The van der Waals surface area contributed by atoms with E-state index >= 15 is 0 Å². The Morgan fingerprint density at radius 3 is 1.20 bits per heavy atom. The first-order valence-corrected chi connectivity index (χ1v) is 40.0. The van der Waals surface area contributed by atoms with Crippen molar-refractivity contribution in [2.24, 2.45) is 11.8 Å². The number of rotatable bonds is 25. The number of hydrogen-bond acceptors (Lipinski definition) is 14. The molecule has 2 unspecified atom stereocenters. The number of esters is 1. The summed E-state index contributed by atoms with van der Waals surface area (Å²) >= 11 is 0. The van der Waals surface area contributed by atoms with Gasteiger partial charge in [-0.05, 0) is 308 Å². The number of ketones is 1. The average molecular weight is 1510 g/mol. The molecule has 0 spiro atoms. The number of hydrogen-bond donors (Lipinski definition) is 0. The lowest BCUT2D eigenvalue weighted by Crippen LogP contribution is -2.55. The van der Waals surface area contributed by atoms with Crippen molar-refractivity contribution in [3.05, 3.63) is 360 Å². The summed E-state index contributed by atoms with van der Waals surface area (Å²) in [5, 5.41) is 0. The molecule has 16 heteroatoms. The van der Waals surface area contributed by atoms with Crippen LogP contribution in [-0.2, 0) is 53.6 Å². The van der Waals surface area contributed by atoms with E-state index < -0.39 is 31.1 Å². The maximum Gasteiger partial charge on any atom is 0.308 e. The predicted octanol–water partition coefficient (Wildman–Crippen LogP) is 21.4. The van der Waals surface area contributed by atoms with Crippen LogP contribution >= 0.6 is 0 Å². The summed E-state index contributed by atoms with van der Waals surface area (Å²) in [4.78, 5) is 47.4. The first-order valence-electron chi connectivity index (χ1n) is 37.0. The standard InChI is InChI=1S/C68H60O9S.C27H22O5S/c1-5-11-48-38-58(33-35-64(48)73-45(3)69)78(70,71)59-34-36-65(49(39-59)12-6-2)77-76-57-29-19-51(20-30-57)67-42-46-37-47(43-67)41-66(40-46,44-67)50-17-27-55(28-18-50)74-75-56-31-23-53(24-32-56)68(52-21-25-54(72-4)26-22-52)62-15-9-7-13-60(62)61-14-8-10-16-63(61)68;1-19-3-7-22(8-4-19)31-24-11-15-26(16-12-24)33(29,30)27-17-13-25(14-18-27)32-23-9-5-21(6-10-23)20(2)28/h5-10,13-36,38-39,46-47H,1-2,11-12,37,40-44H2,3-4H3;3-18H,1-2H3. The Hall–Kier alpha value is -12.2. The maximum absolute atomic E-state index is 13.9. The quantitative estimate of drug-likeness (QED) is 0.0132. The van der Waals surface area contributed by atoms with Gasteiger partial charge in [0.05, 0.1) is 32.1 Å². The second kappa shape index (κ2) is 31.0. The molecule has 0 heterocycles. The minimum atomic E-state index is -3.95. The highest BCUT2D eigenvalue weighted by Gasteiger charge is 2.59. The highest BCUT2D eigenvalue weighted by molar-refractivity contribution is 7.91. The van der Waals surface area contributed by atoms with Gasteiger partial charge in [-0.3, -0.25) is 29.1 Å². The van der Waals surface area contributed by atoms with Gasteiger partial charge in [0.25, 0.3) is 0 Å². The molecular formula is C95H82O14S2. The number of benzene rings is 12. The Morgan fingerprint density at radius 2 is 0.775 bits per heavy atom. The number of fused-ring (bicyclic) bond motifs is 3. The molecule has 4 saturated carbocycles. The van der Waals surface area contributed by atoms with Crippen LogP contribution in [0, 0.1) is 18.8 Å². The molecule has 5 aliphatic carbocycles. The average Bonchev–Trinajstić information content (AvgIpc) is 1.69. The molecule has 12 aromatic rings. The molecule has 111 heavy (non-hydrogen) atoms. The van der Waals surface area contributed by atoms with Crippen LogP contribution in [0.2, 0.25) is 0 Å². The summed E-state index contributed by atoms with van der Waals surface area (Å²) in [6, 6.07) is 87.1. The van der Waals surface area contributed by atoms with Gasteiger partial charge >= 0.3 is 5.97 Å². The van der Waals surface area contributed by atoms with Gasteiger partial charge in [0, 0.05) is 18.1 Å². The van der Waals surface area contributed by atoms with Gasteiger partial charge in [0.2, 0.25) is 19.7 Å². The van der Waals surface area contributed by atoms with E-state index in [0.29, 0.717) is 93.1 Å². The number of methoxy groups -OCH3 is 1. The van der Waals surface area contributed by atoms with Gasteiger partial charge in [-0.15, -0.1) is 13.2 Å². The van der Waals surface area contributed by atoms with Crippen LogP contribution in [0.15, 0.2) is 324 Å². The molecule has 0 aromatic heterocycles. The number of aryl methyl sites for hydroxylation is 1. The van der Waals surface area contributed by atoms with Crippen LogP contribution in [-0.4, -0.2) is 35.7 Å². The van der Waals surface area contributed by atoms with Crippen molar-refractivity contribution < 1.29 is 64.9 Å². The number of sulfone groups is 2. The van der Waals surface area contributed by atoms with Crippen molar-refractivity contribution >= 4 is 31.4 Å². The minimum absolute atomic E-state index is 0.0224. The SMILES string of the molecule is C=CCc1cc(S(=O)(=O)c2ccc(OC(C)=O)c(CC=C)c2)ccc1OOc1ccc(C23CC4CC(CC(c5ccc(OOc6ccc(C7(c8ccc(OC)cc8)c8ccccc8-c8ccccc87)cc6)cc5)(C4)C2)C3)cc1.CC(=O)c1ccc(Oc2ccc(S(=O)(=O)c3ccc(Oc4ccc(C)cc4)cc3)cc2)cc1. The molecule has 4 bridgehead atoms. The lowest BCUT2D eigenvalue weighted by Gasteiger charge is -2.62. The summed E-state index contributed by atoms with van der Waals surface area (Å²) in [6.45, 7) is 12.4. The number of Topliss-reactive ketones (excluding diaryl/α,β-unsaturated/α-hetero) is 1. The Morgan fingerprint density at radius 1 is 0.414 bits per heavy atom. The zero-order valence-corrected chi connectivity index (χ0v) is 63.6. The Bertz CT molecular complexity index is 5630. The van der Waals surface area contributed by atoms with Gasteiger partial charge in [-0.25, -0.2) is 16.8 Å². The summed E-state index contributed by atoms with van der Waals surface area (Å²) in [5.74, 6) is 6.35. The molecule has 2 atom stereocenters. The molecule has 5 aliphatic rings. The van der Waals surface area contributed by atoms with Crippen molar-refractivity contribution in [1.29, 1.82) is 0 Å². The summed E-state index contributed by atoms with van der Waals surface area (Å²) < 4.78 is 76.2. The monoisotopic (exact) mass is 1510 g/mol. The number of carbonyl (C=O) groups excluding carboxylic acids is 2. The number of ether oxygens (including phenoxy) is 4. The van der Waals surface area contributed by atoms with Crippen molar-refractivity contribution in [2.45, 2.75) is 108 Å². The van der Waals surface area contributed by atoms with E-state index in [4.69, 9.17) is 38.5 Å². The Labute approximate surface area is 647 Å². The molecule has 0 N–H and O–H groups in total. The number of allylic oxidation sites excluding steroid dienone is 2. The first kappa shape index (κ1) is 74.2. The van der Waals surface area contributed by atoms with Gasteiger partial charge < -0.3 is 18.9 Å². The minimum Gasteiger partial charge on any atom is -0.497 e. The molecular weight excluding hydrogens is 1430 g/mol. The van der Waals surface area contributed by atoms with Gasteiger partial charge in [0.1, 0.15) is 34.5 Å². The summed E-state index contributed by atoms with van der Waals surface area (Å²) in [6.07, 6.45) is 11.0. The molecule has 558 valence electrons. The van der Waals surface area contributed by atoms with Crippen LogP contribution in [0.4, 0.5) is 0 Å². The summed E-state index contributed by atoms with van der Waals surface area (Å²) in [7, 11) is -5.94. The fraction of sp³-hybridized carbons (Fsp3) is 0.179. The van der Waals surface area contributed by atoms with Crippen LogP contribution in [0.3, 0.4) is 0 Å². The summed E-state index contributed by atoms with van der Waals surface area (Å²) in [5.41, 5.74) is 12.3. The molecule has 0 aliphatic heterocycles. The van der Waals surface area contributed by atoms with E-state index in [1.54, 1.807) is 79.9 Å². The number of carbonyl (C=O) groups is 2. The van der Waals surface area contributed by atoms with E-state index in [0.717, 1.165) is 28.9 Å². The van der Waals surface area contributed by atoms with Gasteiger partial charge in [-0.2, -0.15) is 0 Å². The van der Waals surface area contributed by atoms with E-state index in [9.17, 15) is 26.4 Å². The second-order valence-electron chi connectivity index (χ2n) is 29.2. The zero-order chi connectivity index (χ0) is 77.1. The third-order valence-corrected chi connectivity index (χ3v) is 25.4. The third kappa shape index (κ3) is 15.1. The van der Waals surface area contributed by atoms with E-state index in [-0.39, 0.29) is 36.2 Å². The Balaban J connectivity index is 0.000000247. The molecule has 0 amide bonds. The fourth-order valence-corrected chi connectivity index (χ4v) is 19.8. The molecule has 14 nitrogen and oxygen atoms in total. The topological polar surface area (TPSA) is 176 Å². The van der Waals surface area contributed by atoms with Crippen molar-refractivity contribution in [2.75, 3.05) is 7.11 Å². The van der Waals surface area contributed by atoms with E-state index in [2.05, 4.69) is 110 Å². The second-order valence-corrected chi connectivity index (χ2v) is 33.1. The van der Waals surface area contributed by atoms with Crippen molar-refractivity contribution in [3.8, 4) is 68.6 Å². The van der Waals surface area contributed by atoms with Crippen LogP contribution < -0.4 is 38.5 Å². The maximum atomic E-state index is 13.9. The fourth-order valence-electron chi connectivity index (χ4n) is 17.2. The zero-order valence-electron chi connectivity index (χ0n) is 62.0. The molecule has 17 rings (SSSR count). The lowest BCUT2D eigenvalue weighted by atomic mass is 9.42. The first-order chi connectivity index (χ1) is 53.7. The third-order valence-electron chi connectivity index (χ3n) is 21.9. The predicted molar refractivity (Wildman–Crippen MR) is 427 cm³/mol. The normalized spacial score (nSPS) is 17.5. The lowest BCUT2D eigenvalue weighted by molar-refractivity contribution is -0.131. The van der Waals surface area contributed by atoms with Crippen LogP contribution in [0.1, 0.15) is 113 Å². The highest BCUT2D eigenvalue weighted by Crippen LogP contribution is 2.66. The van der Waals surface area contributed by atoms with Crippen molar-refractivity contribution in [1.82, 2.24) is 0 Å². The van der Waals surface area contributed by atoms with E-state index in [1.807, 2.05) is 79.7 Å².